The number of ether oxygens (including phenoxy) is 2. The minimum atomic E-state index is 0.212. The highest BCUT2D eigenvalue weighted by atomic mass is 16.7. The fourth-order valence-electron chi connectivity index (χ4n) is 2.07. The van der Waals surface area contributed by atoms with Crippen LogP contribution in [0.1, 0.15) is 11.1 Å². The molecule has 0 amide bonds. The fourth-order valence-corrected chi connectivity index (χ4v) is 2.07. The van der Waals surface area contributed by atoms with Gasteiger partial charge in [0.05, 0.1) is 0 Å². The molecule has 3 rings (SSSR count). The molecule has 0 atom stereocenters. The molecule has 1 heterocycles. The Morgan fingerprint density at radius 3 is 2.74 bits per heavy atom. The molecule has 1 aliphatic rings. The van der Waals surface area contributed by atoms with E-state index in [0.29, 0.717) is 18.0 Å². The molecular weight excluding hydrogens is 242 g/mol. The minimum Gasteiger partial charge on any atom is -0.507 e. The first-order valence-corrected chi connectivity index (χ1v) is 6.14. The summed E-state index contributed by atoms with van der Waals surface area (Å²) in [5.41, 5.74) is 3.00. The Bertz CT molecular complexity index is 610. The number of fused-ring (bicyclic) bond motifs is 1. The first-order chi connectivity index (χ1) is 9.22. The maximum absolute atomic E-state index is 9.93. The predicted octanol–water partition coefficient (Wildman–Crippen LogP) is 3.04. The van der Waals surface area contributed by atoms with Crippen molar-refractivity contribution in [1.29, 1.82) is 0 Å². The Kier molecular flexibility index (Phi) is 2.91. The average Bonchev–Trinajstić information content (AvgIpc) is 2.83. The van der Waals surface area contributed by atoms with Crippen molar-refractivity contribution in [2.45, 2.75) is 13.5 Å². The van der Waals surface area contributed by atoms with Gasteiger partial charge in [0.25, 0.3) is 0 Å². The molecule has 19 heavy (non-hydrogen) atoms. The van der Waals surface area contributed by atoms with E-state index in [9.17, 15) is 5.11 Å². The zero-order chi connectivity index (χ0) is 13.2. The zero-order valence-corrected chi connectivity index (χ0v) is 10.6. The van der Waals surface area contributed by atoms with Crippen molar-refractivity contribution in [2.24, 2.45) is 0 Å². The Morgan fingerprint density at radius 2 is 1.95 bits per heavy atom. The zero-order valence-electron chi connectivity index (χ0n) is 10.6. The van der Waals surface area contributed by atoms with Crippen LogP contribution < -0.4 is 14.8 Å². The van der Waals surface area contributed by atoms with Gasteiger partial charge in [0.15, 0.2) is 11.5 Å². The van der Waals surface area contributed by atoms with Crippen LogP contribution in [0.2, 0.25) is 0 Å². The van der Waals surface area contributed by atoms with E-state index in [-0.39, 0.29) is 12.5 Å². The molecule has 0 radical (unpaired) electrons. The van der Waals surface area contributed by atoms with E-state index in [1.807, 2.05) is 25.1 Å². The summed E-state index contributed by atoms with van der Waals surface area (Å²) < 4.78 is 10.5. The van der Waals surface area contributed by atoms with Gasteiger partial charge >= 0.3 is 0 Å². The Morgan fingerprint density at radius 1 is 1.16 bits per heavy atom. The molecule has 2 aromatic carbocycles. The van der Waals surface area contributed by atoms with Crippen molar-refractivity contribution < 1.29 is 14.6 Å². The molecule has 0 bridgehead atoms. The van der Waals surface area contributed by atoms with Gasteiger partial charge in [-0.3, -0.25) is 0 Å². The number of nitrogens with one attached hydrogen (secondary N) is 1. The largest absolute Gasteiger partial charge is 0.507 e. The van der Waals surface area contributed by atoms with Gasteiger partial charge in [0.2, 0.25) is 6.79 Å². The highest BCUT2D eigenvalue weighted by molar-refractivity contribution is 5.53. The molecule has 2 aromatic rings. The van der Waals surface area contributed by atoms with E-state index < -0.39 is 0 Å². The summed E-state index contributed by atoms with van der Waals surface area (Å²) in [6, 6.07) is 11.5. The van der Waals surface area contributed by atoms with Gasteiger partial charge in [0.1, 0.15) is 5.75 Å². The molecule has 4 heteroatoms. The third-order valence-corrected chi connectivity index (χ3v) is 3.07. The Hall–Kier alpha value is -2.36. The summed E-state index contributed by atoms with van der Waals surface area (Å²) in [5, 5.41) is 13.2. The Labute approximate surface area is 111 Å². The third-order valence-electron chi connectivity index (χ3n) is 3.07. The van der Waals surface area contributed by atoms with E-state index in [2.05, 4.69) is 11.4 Å². The van der Waals surface area contributed by atoms with Crippen LogP contribution in [-0.2, 0) is 6.54 Å². The van der Waals surface area contributed by atoms with Crippen LogP contribution in [0.5, 0.6) is 17.2 Å². The standard InChI is InChI=1S/C15H15NO3/c1-10-3-2-4-12(5-10)16-8-11-6-14-15(7-13(11)17)19-9-18-14/h2-7,16-17H,8-9H2,1H3. The molecule has 1 aliphatic heterocycles. The van der Waals surface area contributed by atoms with Crippen LogP contribution >= 0.6 is 0 Å². The molecule has 2 N–H and O–H groups in total. The summed E-state index contributed by atoms with van der Waals surface area (Å²) >= 11 is 0. The molecule has 0 aliphatic carbocycles. The van der Waals surface area contributed by atoms with Crippen molar-refractivity contribution in [3.8, 4) is 17.2 Å². The summed E-state index contributed by atoms with van der Waals surface area (Å²) in [5.74, 6) is 1.49. The van der Waals surface area contributed by atoms with Crippen LogP contribution in [-0.4, -0.2) is 11.9 Å². The summed E-state index contributed by atoms with van der Waals surface area (Å²) in [7, 11) is 0. The number of anilines is 1. The molecule has 0 saturated heterocycles. The number of phenolic OH excluding ortho intramolecular Hbond substituents is 1. The average molecular weight is 257 g/mol. The number of aryl methyl sites for hydroxylation is 1. The molecule has 0 unspecified atom stereocenters. The van der Waals surface area contributed by atoms with Gasteiger partial charge in [-0.25, -0.2) is 0 Å². The van der Waals surface area contributed by atoms with E-state index in [1.54, 1.807) is 12.1 Å². The van der Waals surface area contributed by atoms with Crippen LogP contribution in [0, 0.1) is 6.92 Å². The van der Waals surface area contributed by atoms with Crippen LogP contribution in [0.25, 0.3) is 0 Å². The second-order valence-electron chi connectivity index (χ2n) is 4.56. The van der Waals surface area contributed by atoms with Gasteiger partial charge in [0, 0.05) is 23.9 Å². The van der Waals surface area contributed by atoms with E-state index in [1.165, 1.54) is 5.56 Å². The summed E-state index contributed by atoms with van der Waals surface area (Å²) in [6.07, 6.45) is 0. The van der Waals surface area contributed by atoms with Crippen molar-refractivity contribution in [3.63, 3.8) is 0 Å². The number of benzene rings is 2. The van der Waals surface area contributed by atoms with Gasteiger partial charge in [-0.1, -0.05) is 12.1 Å². The van der Waals surface area contributed by atoms with E-state index in [4.69, 9.17) is 9.47 Å². The molecule has 0 saturated carbocycles. The monoisotopic (exact) mass is 257 g/mol. The normalized spacial score (nSPS) is 12.5. The van der Waals surface area contributed by atoms with Gasteiger partial charge in [-0.15, -0.1) is 0 Å². The minimum absolute atomic E-state index is 0.212. The predicted molar refractivity (Wildman–Crippen MR) is 72.7 cm³/mol. The number of hydrogen-bond donors (Lipinski definition) is 2. The maximum atomic E-state index is 9.93. The Balaban J connectivity index is 1.77. The van der Waals surface area contributed by atoms with E-state index >= 15 is 0 Å². The van der Waals surface area contributed by atoms with Crippen LogP contribution in [0.3, 0.4) is 0 Å². The van der Waals surface area contributed by atoms with Gasteiger partial charge in [-0.05, 0) is 30.7 Å². The molecule has 98 valence electrons. The smallest absolute Gasteiger partial charge is 0.231 e. The second kappa shape index (κ2) is 4.72. The second-order valence-corrected chi connectivity index (χ2v) is 4.56. The molecular formula is C15H15NO3. The summed E-state index contributed by atoms with van der Waals surface area (Å²) in [6.45, 7) is 2.79. The quantitative estimate of drug-likeness (QED) is 0.887. The highest BCUT2D eigenvalue weighted by Crippen LogP contribution is 2.37. The van der Waals surface area contributed by atoms with Crippen molar-refractivity contribution in [1.82, 2.24) is 0 Å². The van der Waals surface area contributed by atoms with Crippen molar-refractivity contribution in [3.05, 3.63) is 47.5 Å². The van der Waals surface area contributed by atoms with Crippen molar-refractivity contribution >= 4 is 5.69 Å². The van der Waals surface area contributed by atoms with Crippen LogP contribution in [0.15, 0.2) is 36.4 Å². The molecule has 0 spiro atoms. The van der Waals surface area contributed by atoms with E-state index in [0.717, 1.165) is 11.3 Å². The summed E-state index contributed by atoms with van der Waals surface area (Å²) in [4.78, 5) is 0. The SMILES string of the molecule is Cc1cccc(NCc2cc3c(cc2O)OCO3)c1. The lowest BCUT2D eigenvalue weighted by molar-refractivity contribution is 0.174. The fraction of sp³-hybridized carbons (Fsp3) is 0.200. The lowest BCUT2D eigenvalue weighted by Crippen LogP contribution is -2.00. The van der Waals surface area contributed by atoms with Gasteiger partial charge < -0.3 is 19.9 Å². The first kappa shape index (κ1) is 11.7. The molecule has 0 aromatic heterocycles. The molecule has 0 fully saturated rings. The topological polar surface area (TPSA) is 50.7 Å². The lowest BCUT2D eigenvalue weighted by Gasteiger charge is -2.09. The number of phenols is 1. The van der Waals surface area contributed by atoms with Crippen LogP contribution in [0.4, 0.5) is 5.69 Å². The molecule has 4 nitrogen and oxygen atoms in total. The lowest BCUT2D eigenvalue weighted by atomic mass is 10.1. The maximum Gasteiger partial charge on any atom is 0.231 e. The number of aromatic hydroxyl groups is 1. The first-order valence-electron chi connectivity index (χ1n) is 6.14. The third kappa shape index (κ3) is 2.42. The highest BCUT2D eigenvalue weighted by Gasteiger charge is 2.16. The number of rotatable bonds is 3. The van der Waals surface area contributed by atoms with Gasteiger partial charge in [-0.2, -0.15) is 0 Å². The van der Waals surface area contributed by atoms with Crippen molar-refractivity contribution in [2.75, 3.05) is 12.1 Å². The number of hydrogen-bond acceptors (Lipinski definition) is 4.